The first-order valence-electron chi connectivity index (χ1n) is 6.08. The van der Waals surface area contributed by atoms with E-state index in [2.05, 4.69) is 14.9 Å². The Labute approximate surface area is 124 Å². The smallest absolute Gasteiger partial charge is 0.365 e. The summed E-state index contributed by atoms with van der Waals surface area (Å²) in [5.41, 5.74) is 0.0707. The summed E-state index contributed by atoms with van der Waals surface area (Å²) in [4.78, 5) is 11.9. The molecule has 0 spiro atoms. The van der Waals surface area contributed by atoms with Gasteiger partial charge in [0.25, 0.3) is 0 Å². The third kappa shape index (κ3) is 2.30. The molecule has 118 valence electrons. The highest BCUT2D eigenvalue weighted by Gasteiger charge is 2.29. The van der Waals surface area contributed by atoms with Gasteiger partial charge in [-0.25, -0.2) is 18.0 Å². The second kappa shape index (κ2) is 5.34. The van der Waals surface area contributed by atoms with E-state index in [4.69, 9.17) is 0 Å². The van der Waals surface area contributed by atoms with Crippen LogP contribution in [0.25, 0.3) is 10.9 Å². The SMILES string of the molecule is O=C(Oc1c(F)c(F)c(F)c(F)c1F)c1n[nH]c2ccccc12. The summed E-state index contributed by atoms with van der Waals surface area (Å²) < 4.78 is 70.4. The Hall–Kier alpha value is -2.97. The van der Waals surface area contributed by atoms with Gasteiger partial charge in [0.15, 0.2) is 5.69 Å². The predicted molar refractivity (Wildman–Crippen MR) is 67.3 cm³/mol. The van der Waals surface area contributed by atoms with Gasteiger partial charge in [-0.1, -0.05) is 18.2 Å². The fourth-order valence-corrected chi connectivity index (χ4v) is 1.93. The van der Waals surface area contributed by atoms with E-state index in [1.165, 1.54) is 6.07 Å². The number of carbonyl (C=O) groups is 1. The number of hydrogen-bond acceptors (Lipinski definition) is 3. The zero-order valence-electron chi connectivity index (χ0n) is 11.0. The molecule has 0 aliphatic rings. The monoisotopic (exact) mass is 328 g/mol. The second-order valence-corrected chi connectivity index (χ2v) is 4.41. The lowest BCUT2D eigenvalue weighted by Crippen LogP contribution is -2.14. The zero-order valence-corrected chi connectivity index (χ0v) is 11.0. The predicted octanol–water partition coefficient (Wildman–Crippen LogP) is 3.48. The molecule has 3 rings (SSSR count). The number of aromatic amines is 1. The highest BCUT2D eigenvalue weighted by molar-refractivity contribution is 6.02. The van der Waals surface area contributed by atoms with Crippen LogP contribution in [0.3, 0.4) is 0 Å². The Bertz CT molecular complexity index is 909. The van der Waals surface area contributed by atoms with Crippen molar-refractivity contribution < 1.29 is 31.5 Å². The maximum absolute atomic E-state index is 13.5. The molecule has 0 aliphatic heterocycles. The third-order valence-corrected chi connectivity index (χ3v) is 3.03. The van der Waals surface area contributed by atoms with Crippen molar-refractivity contribution in [2.75, 3.05) is 0 Å². The lowest BCUT2D eigenvalue weighted by Gasteiger charge is -2.07. The maximum Gasteiger partial charge on any atom is 0.365 e. The number of ether oxygens (including phenoxy) is 1. The van der Waals surface area contributed by atoms with Gasteiger partial charge in [-0.3, -0.25) is 5.10 Å². The van der Waals surface area contributed by atoms with E-state index in [1.54, 1.807) is 18.2 Å². The molecule has 1 N–H and O–H groups in total. The number of H-pyrrole nitrogens is 1. The first kappa shape index (κ1) is 14.9. The number of aromatic nitrogens is 2. The quantitative estimate of drug-likeness (QED) is 0.258. The number of nitrogens with one attached hydrogen (secondary N) is 1. The minimum absolute atomic E-state index is 0.265. The van der Waals surface area contributed by atoms with Gasteiger partial charge in [0, 0.05) is 5.39 Å². The number of para-hydroxylation sites is 1. The lowest BCUT2D eigenvalue weighted by molar-refractivity contribution is 0.0711. The Kier molecular flexibility index (Phi) is 3.47. The molecule has 0 atom stereocenters. The fourth-order valence-electron chi connectivity index (χ4n) is 1.93. The van der Waals surface area contributed by atoms with Crippen LogP contribution in [0.15, 0.2) is 24.3 Å². The van der Waals surface area contributed by atoms with Gasteiger partial charge in [-0.2, -0.15) is 13.9 Å². The van der Waals surface area contributed by atoms with Gasteiger partial charge in [-0.05, 0) is 6.07 Å². The number of hydrogen-bond donors (Lipinski definition) is 1. The second-order valence-electron chi connectivity index (χ2n) is 4.41. The van der Waals surface area contributed by atoms with Crippen LogP contribution >= 0.6 is 0 Å². The van der Waals surface area contributed by atoms with E-state index in [0.717, 1.165) is 0 Å². The molecule has 3 aromatic rings. The van der Waals surface area contributed by atoms with E-state index in [-0.39, 0.29) is 11.1 Å². The van der Waals surface area contributed by atoms with Crippen LogP contribution in [-0.2, 0) is 0 Å². The Morgan fingerprint density at radius 3 is 2.13 bits per heavy atom. The largest absolute Gasteiger partial charge is 0.415 e. The fraction of sp³-hybridized carbons (Fsp3) is 0. The minimum Gasteiger partial charge on any atom is -0.415 e. The Balaban J connectivity index is 2.04. The van der Waals surface area contributed by atoms with E-state index >= 15 is 0 Å². The lowest BCUT2D eigenvalue weighted by atomic mass is 10.2. The molecule has 1 aromatic heterocycles. The number of benzene rings is 2. The first-order valence-corrected chi connectivity index (χ1v) is 6.08. The van der Waals surface area contributed by atoms with Gasteiger partial charge >= 0.3 is 5.97 Å². The summed E-state index contributed by atoms with van der Waals surface area (Å²) in [6.45, 7) is 0. The van der Waals surface area contributed by atoms with Crippen molar-refractivity contribution in [3.63, 3.8) is 0 Å². The van der Waals surface area contributed by atoms with E-state index in [1.807, 2.05) is 0 Å². The number of nitrogens with zero attached hydrogens (tertiary/aromatic N) is 1. The number of halogens is 5. The summed E-state index contributed by atoms with van der Waals surface area (Å²) in [7, 11) is 0. The summed E-state index contributed by atoms with van der Waals surface area (Å²) >= 11 is 0. The topological polar surface area (TPSA) is 55.0 Å². The van der Waals surface area contributed by atoms with E-state index in [0.29, 0.717) is 5.52 Å². The van der Waals surface area contributed by atoms with Crippen molar-refractivity contribution >= 4 is 16.9 Å². The molecule has 4 nitrogen and oxygen atoms in total. The van der Waals surface area contributed by atoms with Gasteiger partial charge in [-0.15, -0.1) is 0 Å². The molecule has 0 fully saturated rings. The van der Waals surface area contributed by atoms with Gasteiger partial charge < -0.3 is 4.74 Å². The van der Waals surface area contributed by atoms with Crippen LogP contribution in [0, 0.1) is 29.1 Å². The molecule has 0 amide bonds. The Morgan fingerprint density at radius 2 is 1.48 bits per heavy atom. The van der Waals surface area contributed by atoms with Crippen molar-refractivity contribution in [3.05, 3.63) is 59.0 Å². The van der Waals surface area contributed by atoms with Gasteiger partial charge in [0.2, 0.25) is 34.8 Å². The van der Waals surface area contributed by atoms with Crippen molar-refractivity contribution in [2.45, 2.75) is 0 Å². The average molecular weight is 328 g/mol. The van der Waals surface area contributed by atoms with Crippen molar-refractivity contribution in [3.8, 4) is 5.75 Å². The molecule has 0 radical (unpaired) electrons. The molecule has 0 aliphatic carbocycles. The molecule has 2 aromatic carbocycles. The molecular weight excluding hydrogens is 323 g/mol. The summed E-state index contributed by atoms with van der Waals surface area (Å²) in [6.07, 6.45) is 0. The average Bonchev–Trinajstić information content (AvgIpc) is 2.99. The van der Waals surface area contributed by atoms with Crippen molar-refractivity contribution in [1.29, 1.82) is 0 Å². The molecule has 0 saturated carbocycles. The molecular formula is C14H5F5N2O2. The van der Waals surface area contributed by atoms with Crippen LogP contribution in [0.4, 0.5) is 22.0 Å². The summed E-state index contributed by atoms with van der Waals surface area (Å²) in [5.74, 6) is -14.3. The highest BCUT2D eigenvalue weighted by Crippen LogP contribution is 2.30. The number of rotatable bonds is 2. The summed E-state index contributed by atoms with van der Waals surface area (Å²) in [6, 6.07) is 6.23. The first-order chi connectivity index (χ1) is 10.9. The molecule has 9 heteroatoms. The highest BCUT2D eigenvalue weighted by atomic mass is 19.2. The van der Waals surface area contributed by atoms with Crippen molar-refractivity contribution in [1.82, 2.24) is 10.2 Å². The van der Waals surface area contributed by atoms with Crippen LogP contribution in [0.2, 0.25) is 0 Å². The number of carbonyl (C=O) groups excluding carboxylic acids is 1. The van der Waals surface area contributed by atoms with Gasteiger partial charge in [0.1, 0.15) is 0 Å². The minimum atomic E-state index is -2.34. The normalized spacial score (nSPS) is 11.0. The maximum atomic E-state index is 13.5. The molecule has 0 bridgehead atoms. The van der Waals surface area contributed by atoms with Crippen LogP contribution in [-0.4, -0.2) is 16.2 Å². The molecule has 0 saturated heterocycles. The number of fused-ring (bicyclic) bond motifs is 1. The van der Waals surface area contributed by atoms with Crippen LogP contribution < -0.4 is 4.74 Å². The molecule has 1 heterocycles. The Morgan fingerprint density at radius 1 is 0.913 bits per heavy atom. The number of esters is 1. The van der Waals surface area contributed by atoms with Gasteiger partial charge in [0.05, 0.1) is 5.52 Å². The van der Waals surface area contributed by atoms with Crippen LogP contribution in [0.1, 0.15) is 10.5 Å². The zero-order chi connectivity index (χ0) is 16.7. The third-order valence-electron chi connectivity index (χ3n) is 3.03. The molecule has 23 heavy (non-hydrogen) atoms. The van der Waals surface area contributed by atoms with Crippen molar-refractivity contribution in [2.24, 2.45) is 0 Å². The van der Waals surface area contributed by atoms with E-state index < -0.39 is 40.8 Å². The molecule has 0 unspecified atom stereocenters. The standard InChI is InChI=1S/C14H5F5N2O2/c15-7-8(16)10(18)13(11(19)9(7)17)23-14(22)12-5-3-1-2-4-6(5)20-21-12/h1-4H,(H,20,21). The summed E-state index contributed by atoms with van der Waals surface area (Å²) in [5, 5.41) is 6.34. The van der Waals surface area contributed by atoms with Crippen LogP contribution in [0.5, 0.6) is 5.75 Å². The van der Waals surface area contributed by atoms with E-state index in [9.17, 15) is 26.7 Å².